The molecule has 0 aliphatic carbocycles. The van der Waals surface area contributed by atoms with Gasteiger partial charge in [0.1, 0.15) is 6.61 Å². The Morgan fingerprint density at radius 3 is 2.37 bits per heavy atom. The highest BCUT2D eigenvalue weighted by Crippen LogP contribution is 2.35. The van der Waals surface area contributed by atoms with E-state index in [4.69, 9.17) is 22.1 Å². The van der Waals surface area contributed by atoms with Crippen LogP contribution in [-0.2, 0) is 16.1 Å². The van der Waals surface area contributed by atoms with Gasteiger partial charge in [-0.25, -0.2) is 9.48 Å². The highest BCUT2D eigenvalue weighted by Gasteiger charge is 2.34. The Labute approximate surface area is 223 Å². The third-order valence-electron chi connectivity index (χ3n) is 6.13. The average Bonchev–Trinajstić information content (AvgIpc) is 3.38. The molecular weight excluding hydrogens is 502 g/mol. The molecule has 5 rings (SSSR count). The molecular formula is C28H23N5O4S. The van der Waals surface area contributed by atoms with Crippen LogP contribution in [0.3, 0.4) is 0 Å². The van der Waals surface area contributed by atoms with E-state index in [2.05, 4.69) is 10.6 Å². The molecule has 1 atom stereocenters. The van der Waals surface area contributed by atoms with Crippen molar-refractivity contribution in [2.24, 2.45) is 0 Å². The zero-order chi connectivity index (χ0) is 26.6. The number of carbonyl (C=O) groups excluding carboxylic acids is 1. The van der Waals surface area contributed by atoms with Crippen LogP contribution in [0, 0.1) is 10.1 Å². The first-order chi connectivity index (χ1) is 18.4. The summed E-state index contributed by atoms with van der Waals surface area (Å²) < 4.78 is 7.39. The van der Waals surface area contributed by atoms with Gasteiger partial charge in [0.25, 0.3) is 5.69 Å². The van der Waals surface area contributed by atoms with Crippen molar-refractivity contribution in [1.29, 1.82) is 0 Å². The van der Waals surface area contributed by atoms with Gasteiger partial charge in [0.05, 0.1) is 27.9 Å². The minimum atomic E-state index is -0.672. The van der Waals surface area contributed by atoms with Crippen LogP contribution in [0.15, 0.2) is 102 Å². The molecule has 3 aromatic carbocycles. The number of nitro groups is 1. The van der Waals surface area contributed by atoms with Gasteiger partial charge in [-0.1, -0.05) is 48.5 Å². The zero-order valence-electron chi connectivity index (χ0n) is 20.3. The van der Waals surface area contributed by atoms with E-state index in [0.29, 0.717) is 33.2 Å². The van der Waals surface area contributed by atoms with Crippen molar-refractivity contribution in [3.8, 4) is 16.9 Å². The molecule has 2 heterocycles. The second kappa shape index (κ2) is 10.7. The number of esters is 1. The van der Waals surface area contributed by atoms with Crippen LogP contribution in [0.5, 0.6) is 0 Å². The van der Waals surface area contributed by atoms with Gasteiger partial charge in [0, 0.05) is 35.2 Å². The van der Waals surface area contributed by atoms with Crippen LogP contribution < -0.4 is 10.6 Å². The van der Waals surface area contributed by atoms with Gasteiger partial charge < -0.3 is 15.4 Å². The molecule has 2 N–H and O–H groups in total. The molecule has 0 spiro atoms. The fourth-order valence-electron chi connectivity index (χ4n) is 4.28. The molecule has 1 aromatic heterocycles. The van der Waals surface area contributed by atoms with Gasteiger partial charge in [0.15, 0.2) is 5.11 Å². The summed E-state index contributed by atoms with van der Waals surface area (Å²) in [6.45, 7) is 1.89. The number of nitrogens with zero attached hydrogens (tertiary/aromatic N) is 3. The van der Waals surface area contributed by atoms with Crippen LogP contribution in [0.4, 0.5) is 5.69 Å². The van der Waals surface area contributed by atoms with E-state index in [1.165, 1.54) is 12.1 Å². The van der Waals surface area contributed by atoms with Crippen LogP contribution in [0.1, 0.15) is 24.1 Å². The normalized spacial score (nSPS) is 15.0. The molecule has 0 radical (unpaired) electrons. The first-order valence-electron chi connectivity index (χ1n) is 11.8. The number of hydrogen-bond donors (Lipinski definition) is 2. The van der Waals surface area contributed by atoms with Crippen molar-refractivity contribution < 1.29 is 14.5 Å². The lowest BCUT2D eigenvalue weighted by molar-refractivity contribution is -0.384. The van der Waals surface area contributed by atoms with Gasteiger partial charge in [-0.05, 0) is 49.0 Å². The van der Waals surface area contributed by atoms with Gasteiger partial charge in [-0.3, -0.25) is 10.1 Å². The Kier molecular flexibility index (Phi) is 6.96. The summed E-state index contributed by atoms with van der Waals surface area (Å²) in [5, 5.41) is 22.6. The average molecular weight is 526 g/mol. The van der Waals surface area contributed by atoms with E-state index < -0.39 is 16.9 Å². The largest absolute Gasteiger partial charge is 0.457 e. The fraction of sp³-hybridized carbons (Fsp3) is 0.107. The van der Waals surface area contributed by atoms with Gasteiger partial charge in [-0.15, -0.1) is 0 Å². The molecule has 0 amide bonds. The summed E-state index contributed by atoms with van der Waals surface area (Å²) in [5.41, 5.74) is 4.45. The second-order valence-corrected chi connectivity index (χ2v) is 9.06. The van der Waals surface area contributed by atoms with E-state index in [0.717, 1.165) is 11.3 Å². The smallest absolute Gasteiger partial charge is 0.338 e. The Balaban J connectivity index is 1.58. The monoisotopic (exact) mass is 525 g/mol. The molecule has 4 aromatic rings. The number of carbonyl (C=O) groups is 1. The summed E-state index contributed by atoms with van der Waals surface area (Å²) in [5.74, 6) is -0.499. The van der Waals surface area contributed by atoms with Crippen molar-refractivity contribution in [2.75, 3.05) is 0 Å². The third kappa shape index (κ3) is 5.16. The Morgan fingerprint density at radius 2 is 1.71 bits per heavy atom. The SMILES string of the molecule is CC1=C(C(=O)OCc2ccccc2)[C@H](c2cn(-c3ccccc3)nc2-c2ccc([N+](=O)[O-])cc2)NC(=S)N1. The van der Waals surface area contributed by atoms with E-state index in [-0.39, 0.29) is 12.3 Å². The fourth-order valence-corrected chi connectivity index (χ4v) is 4.55. The van der Waals surface area contributed by atoms with Gasteiger partial charge in [0.2, 0.25) is 0 Å². The Hall–Kier alpha value is -4.83. The van der Waals surface area contributed by atoms with Crippen LogP contribution >= 0.6 is 12.2 Å². The lowest BCUT2D eigenvalue weighted by Crippen LogP contribution is -2.45. The van der Waals surface area contributed by atoms with Crippen molar-refractivity contribution in [1.82, 2.24) is 20.4 Å². The summed E-state index contributed by atoms with van der Waals surface area (Å²) in [4.78, 5) is 24.2. The second-order valence-electron chi connectivity index (χ2n) is 8.65. The number of allylic oxidation sites excluding steroid dienone is 1. The third-order valence-corrected chi connectivity index (χ3v) is 6.35. The number of thiocarbonyl (C=S) groups is 1. The number of rotatable bonds is 7. The molecule has 38 heavy (non-hydrogen) atoms. The molecule has 0 saturated carbocycles. The highest BCUT2D eigenvalue weighted by molar-refractivity contribution is 7.80. The number of non-ortho nitro benzene ring substituents is 1. The molecule has 1 aliphatic rings. The van der Waals surface area contributed by atoms with E-state index in [1.807, 2.05) is 66.9 Å². The van der Waals surface area contributed by atoms with Gasteiger partial charge >= 0.3 is 5.97 Å². The number of ether oxygens (including phenoxy) is 1. The topological polar surface area (TPSA) is 111 Å². The number of aromatic nitrogens is 2. The van der Waals surface area contributed by atoms with Gasteiger partial charge in [-0.2, -0.15) is 5.10 Å². The minimum Gasteiger partial charge on any atom is -0.457 e. The molecule has 0 bridgehead atoms. The summed E-state index contributed by atoms with van der Waals surface area (Å²) in [6.07, 6.45) is 1.83. The van der Waals surface area contributed by atoms with Crippen LogP contribution in [0.2, 0.25) is 0 Å². The molecule has 9 nitrogen and oxygen atoms in total. The summed E-state index contributed by atoms with van der Waals surface area (Å²) in [6, 6.07) is 24.4. The number of benzene rings is 3. The number of nitro benzene ring substituents is 1. The van der Waals surface area contributed by atoms with Crippen molar-refractivity contribution in [3.63, 3.8) is 0 Å². The molecule has 0 saturated heterocycles. The number of hydrogen-bond acceptors (Lipinski definition) is 6. The summed E-state index contributed by atoms with van der Waals surface area (Å²) >= 11 is 5.44. The van der Waals surface area contributed by atoms with Crippen molar-refractivity contribution in [3.05, 3.63) is 124 Å². The van der Waals surface area contributed by atoms with E-state index in [1.54, 1.807) is 23.7 Å². The lowest BCUT2D eigenvalue weighted by Gasteiger charge is -2.29. The number of nitrogens with one attached hydrogen (secondary N) is 2. The van der Waals surface area contributed by atoms with E-state index >= 15 is 0 Å². The maximum absolute atomic E-state index is 13.4. The molecule has 190 valence electrons. The summed E-state index contributed by atoms with van der Waals surface area (Å²) in [7, 11) is 0. The zero-order valence-corrected chi connectivity index (χ0v) is 21.1. The first kappa shape index (κ1) is 24.8. The highest BCUT2D eigenvalue weighted by atomic mass is 32.1. The number of para-hydroxylation sites is 1. The molecule has 0 fully saturated rings. The molecule has 10 heteroatoms. The Morgan fingerprint density at radius 1 is 1.05 bits per heavy atom. The maximum atomic E-state index is 13.4. The van der Waals surface area contributed by atoms with E-state index in [9.17, 15) is 14.9 Å². The predicted octanol–water partition coefficient (Wildman–Crippen LogP) is 4.98. The van der Waals surface area contributed by atoms with Crippen molar-refractivity contribution >= 4 is 29.0 Å². The molecule has 1 aliphatic heterocycles. The Bertz CT molecular complexity index is 1530. The predicted molar refractivity (Wildman–Crippen MR) is 146 cm³/mol. The van der Waals surface area contributed by atoms with Crippen LogP contribution in [0.25, 0.3) is 16.9 Å². The minimum absolute atomic E-state index is 0.0279. The lowest BCUT2D eigenvalue weighted by atomic mass is 9.94. The molecule has 0 unspecified atom stereocenters. The van der Waals surface area contributed by atoms with Crippen molar-refractivity contribution in [2.45, 2.75) is 19.6 Å². The maximum Gasteiger partial charge on any atom is 0.338 e. The first-order valence-corrected chi connectivity index (χ1v) is 12.2. The standard InChI is InChI=1S/C28H23N5O4S/c1-18-24(27(34)37-17-19-8-4-2-5-9-19)26(30-28(38)29-18)23-16-32(21-10-6-3-7-11-21)31-25(23)20-12-14-22(15-13-20)33(35)36/h2-16,26H,17H2,1H3,(H2,29,30,38)/t26-/m0/s1. The van der Waals surface area contributed by atoms with Crippen LogP contribution in [-0.4, -0.2) is 25.8 Å². The quantitative estimate of drug-likeness (QED) is 0.150.